The summed E-state index contributed by atoms with van der Waals surface area (Å²) in [5.74, 6) is 0.947. The first-order valence-corrected chi connectivity index (χ1v) is 7.93. The second-order valence-corrected chi connectivity index (χ2v) is 6.47. The van der Waals surface area contributed by atoms with Gasteiger partial charge in [0.25, 0.3) is 0 Å². The van der Waals surface area contributed by atoms with Crippen molar-refractivity contribution in [2.45, 2.75) is 31.7 Å². The van der Waals surface area contributed by atoms with Crippen LogP contribution in [0.2, 0.25) is 0 Å². The Morgan fingerprint density at radius 2 is 2.00 bits per heavy atom. The Bertz CT molecular complexity index is 445. The van der Waals surface area contributed by atoms with E-state index in [-0.39, 0.29) is 0 Å². The number of anilines is 2. The zero-order valence-electron chi connectivity index (χ0n) is 11.2. The van der Waals surface area contributed by atoms with Crippen LogP contribution >= 0.6 is 15.9 Å². The Labute approximate surface area is 123 Å². The molecule has 19 heavy (non-hydrogen) atoms. The highest BCUT2D eigenvalue weighted by Gasteiger charge is 2.29. The molecule has 3 rings (SSSR count). The van der Waals surface area contributed by atoms with Crippen LogP contribution in [0.5, 0.6) is 0 Å². The fourth-order valence-corrected chi connectivity index (χ4v) is 3.58. The molecule has 0 amide bonds. The molecule has 0 radical (unpaired) electrons. The Balaban J connectivity index is 1.67. The van der Waals surface area contributed by atoms with Crippen molar-refractivity contribution in [3.05, 3.63) is 16.7 Å². The molecule has 5 heteroatoms. The van der Waals surface area contributed by atoms with Gasteiger partial charge in [0.15, 0.2) is 5.82 Å². The van der Waals surface area contributed by atoms with Crippen LogP contribution in [0.15, 0.2) is 16.7 Å². The molecular weight excluding hydrogens is 304 g/mol. The molecule has 4 nitrogen and oxygen atoms in total. The molecule has 2 fully saturated rings. The molecule has 0 bridgehead atoms. The highest BCUT2D eigenvalue weighted by Crippen LogP contribution is 2.28. The molecule has 2 aliphatic rings. The number of aromatic nitrogens is 1. The summed E-state index contributed by atoms with van der Waals surface area (Å²) in [6.07, 6.45) is 7.18. The van der Waals surface area contributed by atoms with Crippen LogP contribution in [0.3, 0.4) is 0 Å². The molecule has 2 saturated heterocycles. The summed E-state index contributed by atoms with van der Waals surface area (Å²) >= 11 is 3.41. The van der Waals surface area contributed by atoms with Crippen molar-refractivity contribution in [2.75, 3.05) is 36.8 Å². The number of nitrogen functional groups attached to an aromatic ring is 1. The number of nitrogens with zero attached hydrogens (tertiary/aromatic N) is 3. The summed E-state index contributed by atoms with van der Waals surface area (Å²) in [7, 11) is 0. The number of halogens is 1. The quantitative estimate of drug-likeness (QED) is 0.907. The van der Waals surface area contributed by atoms with E-state index in [2.05, 4.69) is 30.7 Å². The third kappa shape index (κ3) is 2.87. The van der Waals surface area contributed by atoms with Crippen molar-refractivity contribution in [3.8, 4) is 0 Å². The molecule has 0 saturated carbocycles. The summed E-state index contributed by atoms with van der Waals surface area (Å²) in [6, 6.07) is 2.63. The second kappa shape index (κ2) is 5.67. The van der Waals surface area contributed by atoms with E-state index in [1.807, 2.05) is 12.3 Å². The first kappa shape index (κ1) is 13.2. The predicted octanol–water partition coefficient (Wildman–Crippen LogP) is 2.49. The van der Waals surface area contributed by atoms with Gasteiger partial charge in [0.05, 0.1) is 5.69 Å². The van der Waals surface area contributed by atoms with E-state index in [0.29, 0.717) is 6.04 Å². The maximum atomic E-state index is 6.08. The molecular formula is C14H21BrN4. The monoisotopic (exact) mass is 324 g/mol. The lowest BCUT2D eigenvalue weighted by Crippen LogP contribution is -2.41. The molecule has 1 atom stereocenters. The van der Waals surface area contributed by atoms with Crippen LogP contribution in [0.25, 0.3) is 0 Å². The smallest absolute Gasteiger partial charge is 0.151 e. The van der Waals surface area contributed by atoms with E-state index in [1.165, 1.54) is 38.8 Å². The second-order valence-electron chi connectivity index (χ2n) is 5.55. The molecule has 2 N–H and O–H groups in total. The molecule has 1 unspecified atom stereocenters. The van der Waals surface area contributed by atoms with Gasteiger partial charge in [-0.25, -0.2) is 4.98 Å². The van der Waals surface area contributed by atoms with Crippen molar-refractivity contribution in [1.82, 2.24) is 9.88 Å². The number of pyridine rings is 1. The molecule has 1 aromatic rings. The van der Waals surface area contributed by atoms with E-state index < -0.39 is 0 Å². The van der Waals surface area contributed by atoms with Gasteiger partial charge in [-0.3, -0.25) is 4.90 Å². The number of piperidine rings is 1. The highest BCUT2D eigenvalue weighted by atomic mass is 79.9. The summed E-state index contributed by atoms with van der Waals surface area (Å²) in [5.41, 5.74) is 6.85. The molecule has 2 aliphatic heterocycles. The van der Waals surface area contributed by atoms with Gasteiger partial charge >= 0.3 is 0 Å². The fraction of sp³-hybridized carbons (Fsp3) is 0.643. The maximum absolute atomic E-state index is 6.08. The van der Waals surface area contributed by atoms with Crippen LogP contribution in [-0.2, 0) is 0 Å². The average Bonchev–Trinajstić information content (AvgIpc) is 2.89. The van der Waals surface area contributed by atoms with Crippen molar-refractivity contribution >= 4 is 27.4 Å². The van der Waals surface area contributed by atoms with Crippen molar-refractivity contribution in [3.63, 3.8) is 0 Å². The number of hydrogen-bond donors (Lipinski definition) is 1. The van der Waals surface area contributed by atoms with E-state index in [0.717, 1.165) is 29.1 Å². The van der Waals surface area contributed by atoms with Gasteiger partial charge < -0.3 is 10.6 Å². The summed E-state index contributed by atoms with van der Waals surface area (Å²) < 4.78 is 0.945. The van der Waals surface area contributed by atoms with E-state index >= 15 is 0 Å². The predicted molar refractivity (Wildman–Crippen MR) is 82.4 cm³/mol. The molecule has 3 heterocycles. The number of hydrogen-bond acceptors (Lipinski definition) is 4. The largest absolute Gasteiger partial charge is 0.396 e. The first-order chi connectivity index (χ1) is 9.24. The van der Waals surface area contributed by atoms with Gasteiger partial charge in [-0.05, 0) is 54.3 Å². The Hall–Kier alpha value is -0.810. The van der Waals surface area contributed by atoms with Crippen LogP contribution in [0, 0.1) is 0 Å². The Kier molecular flexibility index (Phi) is 3.93. The van der Waals surface area contributed by atoms with E-state index in [4.69, 9.17) is 5.73 Å². The van der Waals surface area contributed by atoms with Crippen molar-refractivity contribution in [1.29, 1.82) is 0 Å². The Morgan fingerprint density at radius 1 is 1.21 bits per heavy atom. The van der Waals surface area contributed by atoms with E-state index in [1.54, 1.807) is 0 Å². The third-order valence-corrected chi connectivity index (χ3v) is 4.67. The molecule has 0 spiro atoms. The van der Waals surface area contributed by atoms with Crippen molar-refractivity contribution in [2.24, 2.45) is 0 Å². The number of nitrogens with two attached hydrogens (primary N) is 1. The van der Waals surface area contributed by atoms with Crippen LogP contribution in [0.4, 0.5) is 11.5 Å². The lowest BCUT2D eigenvalue weighted by atomic mass is 10.1. The van der Waals surface area contributed by atoms with Crippen LogP contribution < -0.4 is 10.6 Å². The first-order valence-electron chi connectivity index (χ1n) is 7.14. The zero-order chi connectivity index (χ0) is 13.2. The van der Waals surface area contributed by atoms with Gasteiger partial charge in [-0.1, -0.05) is 6.42 Å². The maximum Gasteiger partial charge on any atom is 0.151 e. The van der Waals surface area contributed by atoms with Gasteiger partial charge in [-0.2, -0.15) is 0 Å². The topological polar surface area (TPSA) is 45.4 Å². The van der Waals surface area contributed by atoms with E-state index in [9.17, 15) is 0 Å². The number of rotatable bonds is 2. The molecule has 104 valence electrons. The molecule has 1 aromatic heterocycles. The zero-order valence-corrected chi connectivity index (χ0v) is 12.8. The lowest BCUT2D eigenvalue weighted by Gasteiger charge is -2.32. The summed E-state index contributed by atoms with van der Waals surface area (Å²) in [5, 5.41) is 0. The van der Waals surface area contributed by atoms with Gasteiger partial charge in [-0.15, -0.1) is 0 Å². The minimum absolute atomic E-state index is 0.685. The standard InChI is InChI=1S/C14H21BrN4/c15-11-8-13(16)14(17-9-11)19-7-4-12(10-19)18-5-2-1-3-6-18/h8-9,12H,1-7,10,16H2. The highest BCUT2D eigenvalue weighted by molar-refractivity contribution is 9.10. The summed E-state index contributed by atoms with van der Waals surface area (Å²) in [6.45, 7) is 4.67. The van der Waals surface area contributed by atoms with Gasteiger partial charge in [0.1, 0.15) is 0 Å². The van der Waals surface area contributed by atoms with Crippen LogP contribution in [0.1, 0.15) is 25.7 Å². The lowest BCUT2D eigenvalue weighted by molar-refractivity contribution is 0.175. The van der Waals surface area contributed by atoms with Gasteiger partial charge in [0.2, 0.25) is 0 Å². The number of likely N-dealkylation sites (tertiary alicyclic amines) is 1. The molecule has 0 aromatic carbocycles. The minimum atomic E-state index is 0.685. The summed E-state index contributed by atoms with van der Waals surface area (Å²) in [4.78, 5) is 9.46. The van der Waals surface area contributed by atoms with Crippen molar-refractivity contribution < 1.29 is 0 Å². The Morgan fingerprint density at radius 3 is 2.74 bits per heavy atom. The van der Waals surface area contributed by atoms with Crippen LogP contribution in [-0.4, -0.2) is 42.1 Å². The molecule has 0 aliphatic carbocycles. The fourth-order valence-electron chi connectivity index (χ4n) is 3.23. The average molecular weight is 325 g/mol. The minimum Gasteiger partial charge on any atom is -0.396 e. The third-order valence-electron chi connectivity index (χ3n) is 4.23. The normalized spacial score (nSPS) is 24.9. The SMILES string of the molecule is Nc1cc(Br)cnc1N1CCC(N2CCCCC2)C1. The van der Waals surface area contributed by atoms with Gasteiger partial charge in [0, 0.05) is 29.8 Å².